The molecule has 0 aliphatic rings. The van der Waals surface area contributed by atoms with Crippen molar-refractivity contribution in [3.63, 3.8) is 0 Å². The van der Waals surface area contributed by atoms with Crippen LogP contribution in [0.25, 0.3) is 0 Å². The van der Waals surface area contributed by atoms with E-state index in [0.29, 0.717) is 51.9 Å². The number of unbranched alkanes of at least 4 members (excludes halogenated alkanes) is 16. The Morgan fingerprint density at radius 2 is 0.787 bits per heavy atom. The third-order valence-electron chi connectivity index (χ3n) is 8.66. The van der Waals surface area contributed by atoms with Crippen molar-refractivity contribution in [2.24, 2.45) is 11.5 Å². The molecule has 0 rings (SSSR count). The maximum Gasteiger partial charge on any atom is 0.242 e. The van der Waals surface area contributed by atoms with Gasteiger partial charge >= 0.3 is 0 Å². The summed E-state index contributed by atoms with van der Waals surface area (Å²) in [5, 5.41) is 11.9. The molecule has 0 saturated heterocycles. The maximum atomic E-state index is 12.8. The smallest absolute Gasteiger partial charge is 0.242 e. The Bertz CT molecular complexity index is 782. The van der Waals surface area contributed by atoms with Crippen LogP contribution in [-0.2, 0) is 19.2 Å². The van der Waals surface area contributed by atoms with Crippen molar-refractivity contribution >= 4 is 23.6 Å². The van der Waals surface area contributed by atoms with E-state index in [0.717, 1.165) is 89.9 Å². The molecule has 47 heavy (non-hydrogen) atoms. The van der Waals surface area contributed by atoms with Gasteiger partial charge in [-0.15, -0.1) is 0 Å². The second-order valence-electron chi connectivity index (χ2n) is 13.2. The molecule has 0 fully saturated rings. The molecule has 4 amide bonds. The number of rotatable bonds is 34. The van der Waals surface area contributed by atoms with Crippen LogP contribution in [0.4, 0.5) is 0 Å². The second-order valence-corrected chi connectivity index (χ2v) is 13.2. The zero-order valence-corrected chi connectivity index (χ0v) is 30.4. The van der Waals surface area contributed by atoms with Crippen molar-refractivity contribution in [1.29, 1.82) is 0 Å². The normalized spacial score (nSPS) is 12.3. The Morgan fingerprint density at radius 1 is 0.447 bits per heavy atom. The summed E-state index contributed by atoms with van der Waals surface area (Å²) in [6.07, 6.45) is 23.5. The lowest BCUT2D eigenvalue weighted by molar-refractivity contribution is -0.129. The Balaban J connectivity index is 4.29. The Labute approximate surface area is 287 Å². The van der Waals surface area contributed by atoms with E-state index in [-0.39, 0.29) is 23.6 Å². The van der Waals surface area contributed by atoms with Gasteiger partial charge in [0, 0.05) is 25.9 Å². The van der Waals surface area contributed by atoms with E-state index >= 15 is 0 Å². The molecule has 0 heterocycles. The highest BCUT2D eigenvalue weighted by Crippen LogP contribution is 2.10. The molecule has 0 radical (unpaired) electrons. The molecule has 2 unspecified atom stereocenters. The predicted octanol–water partition coefficient (Wildman–Crippen LogP) is 5.90. The van der Waals surface area contributed by atoms with Gasteiger partial charge in [-0.2, -0.15) is 0 Å². The largest absolute Gasteiger partial charge is 0.354 e. The minimum atomic E-state index is -0.510. The summed E-state index contributed by atoms with van der Waals surface area (Å²) >= 11 is 0. The zero-order valence-electron chi connectivity index (χ0n) is 30.4. The number of amides is 4. The van der Waals surface area contributed by atoms with Crippen LogP contribution in [0.3, 0.4) is 0 Å². The molecule has 0 saturated carbocycles. The Morgan fingerprint density at radius 3 is 1.15 bits per heavy atom. The number of nitrogens with one attached hydrogen (secondary N) is 4. The fourth-order valence-electron chi connectivity index (χ4n) is 5.64. The first-order valence-electron chi connectivity index (χ1n) is 19.4. The summed E-state index contributed by atoms with van der Waals surface area (Å²) in [6, 6.07) is -1.01. The zero-order chi connectivity index (χ0) is 34.8. The number of carbonyl (C=O) groups is 4. The van der Waals surface area contributed by atoms with Crippen LogP contribution in [0.2, 0.25) is 0 Å². The predicted molar refractivity (Wildman–Crippen MR) is 195 cm³/mol. The first kappa shape index (κ1) is 44.8. The Kier molecular flexibility index (Phi) is 32.1. The van der Waals surface area contributed by atoms with E-state index in [1.165, 1.54) is 44.9 Å². The molecule has 2 atom stereocenters. The van der Waals surface area contributed by atoms with Crippen LogP contribution in [0.15, 0.2) is 0 Å². The third-order valence-corrected chi connectivity index (χ3v) is 8.66. The fraction of sp³-hybridized carbons (Fsp3) is 0.892. The molecular weight excluding hydrogens is 592 g/mol. The van der Waals surface area contributed by atoms with E-state index in [4.69, 9.17) is 11.5 Å². The van der Waals surface area contributed by atoms with E-state index in [1.807, 2.05) is 0 Å². The van der Waals surface area contributed by atoms with Gasteiger partial charge in [-0.3, -0.25) is 19.2 Å². The summed E-state index contributed by atoms with van der Waals surface area (Å²) in [5.74, 6) is -0.339. The molecular formula is C37H74N6O4. The van der Waals surface area contributed by atoms with Gasteiger partial charge in [0.25, 0.3) is 0 Å². The van der Waals surface area contributed by atoms with Gasteiger partial charge in [-0.25, -0.2) is 0 Å². The van der Waals surface area contributed by atoms with Crippen molar-refractivity contribution in [2.45, 2.75) is 186 Å². The second kappa shape index (κ2) is 33.7. The van der Waals surface area contributed by atoms with Crippen molar-refractivity contribution in [1.82, 2.24) is 21.3 Å². The molecule has 10 nitrogen and oxygen atoms in total. The first-order chi connectivity index (χ1) is 22.9. The van der Waals surface area contributed by atoms with Gasteiger partial charge in [-0.05, 0) is 77.3 Å². The number of nitrogens with two attached hydrogens (primary N) is 2. The van der Waals surface area contributed by atoms with Gasteiger partial charge in [0.1, 0.15) is 12.1 Å². The van der Waals surface area contributed by atoms with Gasteiger partial charge in [0.05, 0.1) is 0 Å². The molecule has 8 N–H and O–H groups in total. The highest BCUT2D eigenvalue weighted by molar-refractivity contribution is 5.88. The molecule has 0 aromatic rings. The number of hydrogen-bond donors (Lipinski definition) is 6. The van der Waals surface area contributed by atoms with E-state index < -0.39 is 12.1 Å². The summed E-state index contributed by atoms with van der Waals surface area (Å²) in [6.45, 7) is 6.77. The van der Waals surface area contributed by atoms with Crippen LogP contribution in [-0.4, -0.2) is 61.9 Å². The first-order valence-corrected chi connectivity index (χ1v) is 19.4. The molecule has 0 aliphatic carbocycles. The summed E-state index contributed by atoms with van der Waals surface area (Å²) in [4.78, 5) is 50.7. The monoisotopic (exact) mass is 667 g/mol. The van der Waals surface area contributed by atoms with E-state index in [2.05, 4.69) is 35.1 Å². The van der Waals surface area contributed by atoms with Crippen LogP contribution in [0, 0.1) is 0 Å². The lowest BCUT2D eigenvalue weighted by Crippen LogP contribution is -2.47. The number of carbonyl (C=O) groups excluding carboxylic acids is 4. The molecule has 0 aromatic carbocycles. The van der Waals surface area contributed by atoms with Crippen LogP contribution >= 0.6 is 0 Å². The SMILES string of the molecule is CCCCCCCCNC(=O)C(CCCCN)NC(=O)CCCCCCCNC(=O)C(CCCCN)NC(=O)CCCCCCCC. The molecule has 276 valence electrons. The lowest BCUT2D eigenvalue weighted by atomic mass is 10.1. The lowest BCUT2D eigenvalue weighted by Gasteiger charge is -2.19. The topological polar surface area (TPSA) is 168 Å². The molecule has 0 aliphatic heterocycles. The minimum Gasteiger partial charge on any atom is -0.354 e. The van der Waals surface area contributed by atoms with Crippen molar-refractivity contribution < 1.29 is 19.2 Å². The highest BCUT2D eigenvalue weighted by Gasteiger charge is 2.21. The Hall–Kier alpha value is -2.20. The molecule has 10 heteroatoms. The molecule has 0 spiro atoms. The van der Waals surface area contributed by atoms with Crippen molar-refractivity contribution in [2.75, 3.05) is 26.2 Å². The fourth-order valence-corrected chi connectivity index (χ4v) is 5.64. The summed E-state index contributed by atoms with van der Waals surface area (Å²) in [7, 11) is 0. The third kappa shape index (κ3) is 28.5. The van der Waals surface area contributed by atoms with Crippen LogP contribution in [0.1, 0.15) is 174 Å². The average molecular weight is 667 g/mol. The van der Waals surface area contributed by atoms with Crippen LogP contribution < -0.4 is 32.7 Å². The molecule has 0 aromatic heterocycles. The van der Waals surface area contributed by atoms with Gasteiger partial charge in [-0.1, -0.05) is 97.3 Å². The highest BCUT2D eigenvalue weighted by atomic mass is 16.2. The molecule has 0 bridgehead atoms. The van der Waals surface area contributed by atoms with E-state index in [1.54, 1.807) is 0 Å². The minimum absolute atomic E-state index is 0.0481. The summed E-state index contributed by atoms with van der Waals surface area (Å²) < 4.78 is 0. The van der Waals surface area contributed by atoms with Crippen molar-refractivity contribution in [3.8, 4) is 0 Å². The van der Waals surface area contributed by atoms with Gasteiger partial charge in [0.2, 0.25) is 23.6 Å². The van der Waals surface area contributed by atoms with E-state index in [9.17, 15) is 19.2 Å². The number of hydrogen-bond acceptors (Lipinski definition) is 6. The summed E-state index contributed by atoms with van der Waals surface area (Å²) in [5.41, 5.74) is 11.3. The average Bonchev–Trinajstić information content (AvgIpc) is 3.06. The standard InChI is InChI=1S/C37H74N6O4/c1-3-5-7-9-12-16-26-34(44)42-33(25-19-21-29-39)37(47)41-31-23-15-11-13-17-27-35(45)43-32(24-18-20-28-38)36(46)40-30-22-14-10-8-6-4-2/h32-33H,3-31,38-39H2,1-2H3,(H,40,46)(H,41,47)(H,42,44)(H,43,45). The van der Waals surface area contributed by atoms with Gasteiger partial charge < -0.3 is 32.7 Å². The quantitative estimate of drug-likeness (QED) is 0.0468. The maximum absolute atomic E-state index is 12.8. The van der Waals surface area contributed by atoms with Crippen molar-refractivity contribution in [3.05, 3.63) is 0 Å². The van der Waals surface area contributed by atoms with Crippen LogP contribution in [0.5, 0.6) is 0 Å². The van der Waals surface area contributed by atoms with Gasteiger partial charge in [0.15, 0.2) is 0 Å².